The molecule has 6 aromatic carbocycles. The molecule has 0 radical (unpaired) electrons. The van der Waals surface area contributed by atoms with E-state index in [1.165, 1.54) is 22.3 Å². The number of hydrogen-bond acceptors (Lipinski definition) is 6. The Kier molecular flexibility index (Phi) is 18.7. The molecule has 2 unspecified atom stereocenters. The number of aryl methyl sites for hydroxylation is 8. The Morgan fingerprint density at radius 3 is 1.15 bits per heavy atom. The standard InChI is InChI=1S/C62H76N2O4/c1-11-43(3)15-13-37-67-61(65)35-23-51-19-29-55(30-20-51)63(57-27-17-45(5)47(7)41-57)59-33-25-53(39-49(59)9)54-26-34-60(50(10)40-54)64(58-28-18-46(6)48(8)42-58)56-31-21-52(22-32-56)24-36-62(66)68-38-14-16-44(4)12-2/h17-22,25-34,39-44H,11-16,23-24,35-38H2,1-10H3. The summed E-state index contributed by atoms with van der Waals surface area (Å²) in [4.78, 5) is 29.8. The van der Waals surface area contributed by atoms with Crippen molar-refractivity contribution in [3.05, 3.63) is 166 Å². The summed E-state index contributed by atoms with van der Waals surface area (Å²) in [7, 11) is 0. The van der Waals surface area contributed by atoms with Gasteiger partial charge in [0.15, 0.2) is 0 Å². The van der Waals surface area contributed by atoms with Gasteiger partial charge in [0.1, 0.15) is 0 Å². The highest BCUT2D eigenvalue weighted by Crippen LogP contribution is 2.42. The van der Waals surface area contributed by atoms with Crippen LogP contribution in [0, 0.1) is 53.4 Å². The quantitative estimate of drug-likeness (QED) is 0.0471. The minimum atomic E-state index is -0.129. The highest BCUT2D eigenvalue weighted by atomic mass is 16.5. The number of ether oxygens (including phenoxy) is 2. The fraction of sp³-hybridized carbons (Fsp3) is 0.387. The molecule has 6 heteroatoms. The molecule has 0 aromatic heterocycles. The second kappa shape index (κ2) is 24.8. The monoisotopic (exact) mass is 913 g/mol. The molecule has 6 nitrogen and oxygen atoms in total. The number of hydrogen-bond donors (Lipinski definition) is 0. The third-order valence-electron chi connectivity index (χ3n) is 13.9. The van der Waals surface area contributed by atoms with E-state index in [1.54, 1.807) is 0 Å². The Morgan fingerprint density at radius 1 is 0.441 bits per heavy atom. The third-order valence-corrected chi connectivity index (χ3v) is 13.9. The Morgan fingerprint density at radius 2 is 0.809 bits per heavy atom. The van der Waals surface area contributed by atoms with Crippen LogP contribution in [0.25, 0.3) is 11.1 Å². The van der Waals surface area contributed by atoms with Crippen molar-refractivity contribution >= 4 is 46.1 Å². The summed E-state index contributed by atoms with van der Waals surface area (Å²) in [5.74, 6) is 1.06. The maximum Gasteiger partial charge on any atom is 0.306 e. The summed E-state index contributed by atoms with van der Waals surface area (Å²) in [6.07, 6.45) is 8.36. The largest absolute Gasteiger partial charge is 0.466 e. The van der Waals surface area contributed by atoms with Gasteiger partial charge in [-0.3, -0.25) is 9.59 Å². The molecule has 6 rings (SSSR count). The van der Waals surface area contributed by atoms with Crippen LogP contribution in [0.5, 0.6) is 0 Å². The van der Waals surface area contributed by atoms with Crippen LogP contribution in [0.4, 0.5) is 34.1 Å². The van der Waals surface area contributed by atoms with E-state index in [4.69, 9.17) is 9.47 Å². The van der Waals surface area contributed by atoms with Crippen molar-refractivity contribution in [1.29, 1.82) is 0 Å². The molecule has 0 saturated carbocycles. The van der Waals surface area contributed by atoms with E-state index >= 15 is 0 Å². The molecule has 68 heavy (non-hydrogen) atoms. The summed E-state index contributed by atoms with van der Waals surface area (Å²) in [6.45, 7) is 22.9. The third kappa shape index (κ3) is 14.0. The lowest BCUT2D eigenvalue weighted by atomic mass is 9.98. The van der Waals surface area contributed by atoms with Crippen LogP contribution < -0.4 is 9.80 Å². The molecule has 358 valence electrons. The first-order valence-electron chi connectivity index (χ1n) is 25.2. The van der Waals surface area contributed by atoms with E-state index in [2.05, 4.69) is 200 Å². The van der Waals surface area contributed by atoms with Crippen molar-refractivity contribution in [1.82, 2.24) is 0 Å². The smallest absolute Gasteiger partial charge is 0.306 e. The van der Waals surface area contributed by atoms with Crippen molar-refractivity contribution in [2.75, 3.05) is 23.0 Å². The zero-order valence-corrected chi connectivity index (χ0v) is 42.7. The van der Waals surface area contributed by atoms with E-state index in [0.29, 0.717) is 50.7 Å². The normalized spacial score (nSPS) is 12.1. The molecule has 0 aliphatic heterocycles. The minimum Gasteiger partial charge on any atom is -0.466 e. The van der Waals surface area contributed by atoms with Crippen molar-refractivity contribution in [3.8, 4) is 11.1 Å². The lowest BCUT2D eigenvalue weighted by Crippen LogP contribution is -2.12. The van der Waals surface area contributed by atoms with Gasteiger partial charge in [0.2, 0.25) is 0 Å². The van der Waals surface area contributed by atoms with Gasteiger partial charge in [0, 0.05) is 47.0 Å². The van der Waals surface area contributed by atoms with Gasteiger partial charge < -0.3 is 19.3 Å². The van der Waals surface area contributed by atoms with Gasteiger partial charge in [-0.1, -0.05) is 89.1 Å². The molecule has 6 aromatic rings. The number of anilines is 6. The van der Waals surface area contributed by atoms with Gasteiger partial charge in [-0.05, 0) is 220 Å². The minimum absolute atomic E-state index is 0.129. The molecule has 0 aliphatic carbocycles. The van der Waals surface area contributed by atoms with Crippen LogP contribution in [0.15, 0.2) is 121 Å². The maximum absolute atomic E-state index is 12.6. The second-order valence-corrected chi connectivity index (χ2v) is 19.3. The molecule has 0 heterocycles. The summed E-state index contributed by atoms with van der Waals surface area (Å²) >= 11 is 0. The van der Waals surface area contributed by atoms with Crippen molar-refractivity contribution in [3.63, 3.8) is 0 Å². The molecule has 0 N–H and O–H groups in total. The predicted molar refractivity (Wildman–Crippen MR) is 286 cm³/mol. The summed E-state index contributed by atoms with van der Waals surface area (Å²) in [6, 6.07) is 44.1. The van der Waals surface area contributed by atoms with Crippen molar-refractivity contribution < 1.29 is 19.1 Å². The number of rotatable bonds is 23. The van der Waals surface area contributed by atoms with Crippen LogP contribution in [-0.4, -0.2) is 25.2 Å². The Bertz CT molecular complexity index is 2410. The van der Waals surface area contributed by atoms with E-state index in [9.17, 15) is 9.59 Å². The second-order valence-electron chi connectivity index (χ2n) is 19.3. The average Bonchev–Trinajstić information content (AvgIpc) is 3.34. The van der Waals surface area contributed by atoms with E-state index in [-0.39, 0.29) is 11.9 Å². The zero-order chi connectivity index (χ0) is 48.7. The van der Waals surface area contributed by atoms with Crippen LogP contribution in [0.3, 0.4) is 0 Å². The van der Waals surface area contributed by atoms with Gasteiger partial charge in [0.05, 0.1) is 13.2 Å². The molecule has 0 saturated heterocycles. The highest BCUT2D eigenvalue weighted by molar-refractivity contribution is 5.84. The van der Waals surface area contributed by atoms with E-state index < -0.39 is 0 Å². The van der Waals surface area contributed by atoms with Gasteiger partial charge in [-0.15, -0.1) is 0 Å². The SMILES string of the molecule is CCC(C)CCCOC(=O)CCc1ccc(N(c2ccc(C)c(C)c2)c2ccc(-c3ccc(N(c4ccc(CCC(=O)OCCCC(C)CC)cc4)c4ccc(C)c(C)c4)c(C)c3)cc2C)cc1. The Hall–Kier alpha value is -6.14. The van der Waals surface area contributed by atoms with Crippen molar-refractivity contribution in [2.45, 2.75) is 133 Å². The van der Waals surface area contributed by atoms with Crippen molar-refractivity contribution in [2.24, 2.45) is 11.8 Å². The van der Waals surface area contributed by atoms with Crippen LogP contribution >= 0.6 is 0 Å². The topological polar surface area (TPSA) is 59.1 Å². The Balaban J connectivity index is 1.21. The number of nitrogens with zero attached hydrogens (tertiary/aromatic N) is 2. The summed E-state index contributed by atoms with van der Waals surface area (Å²) in [5, 5.41) is 0. The first kappa shape index (κ1) is 51.3. The van der Waals surface area contributed by atoms with Gasteiger partial charge in [-0.2, -0.15) is 0 Å². The first-order chi connectivity index (χ1) is 32.7. The average molecular weight is 913 g/mol. The number of benzene rings is 6. The zero-order valence-electron chi connectivity index (χ0n) is 42.7. The fourth-order valence-electron chi connectivity index (χ4n) is 8.66. The predicted octanol–water partition coefficient (Wildman–Crippen LogP) is 16.7. The maximum atomic E-state index is 12.6. The van der Waals surface area contributed by atoms with E-state index in [0.717, 1.165) is 106 Å². The number of esters is 2. The molecular weight excluding hydrogens is 837 g/mol. The van der Waals surface area contributed by atoms with Gasteiger partial charge in [-0.25, -0.2) is 0 Å². The molecular formula is C62H76N2O4. The Labute approximate surface area is 408 Å². The summed E-state index contributed by atoms with van der Waals surface area (Å²) in [5.41, 5.74) is 18.4. The molecule has 0 aliphatic rings. The molecule has 0 amide bonds. The van der Waals surface area contributed by atoms with Crippen LogP contribution in [-0.2, 0) is 31.9 Å². The highest BCUT2D eigenvalue weighted by Gasteiger charge is 2.19. The number of carbonyl (C=O) groups is 2. The first-order valence-corrected chi connectivity index (χ1v) is 25.2. The number of carbonyl (C=O) groups excluding carboxylic acids is 2. The summed E-state index contributed by atoms with van der Waals surface area (Å²) < 4.78 is 11.1. The fourth-order valence-corrected chi connectivity index (χ4v) is 8.66. The molecule has 0 fully saturated rings. The van der Waals surface area contributed by atoms with Crippen LogP contribution in [0.1, 0.15) is 124 Å². The lowest BCUT2D eigenvalue weighted by Gasteiger charge is -2.29. The van der Waals surface area contributed by atoms with Gasteiger partial charge >= 0.3 is 11.9 Å². The molecule has 0 bridgehead atoms. The lowest BCUT2D eigenvalue weighted by molar-refractivity contribution is -0.144. The van der Waals surface area contributed by atoms with E-state index in [1.807, 2.05) is 0 Å². The molecule has 0 spiro atoms. The molecule has 2 atom stereocenters. The van der Waals surface area contributed by atoms with Crippen LogP contribution in [0.2, 0.25) is 0 Å². The van der Waals surface area contributed by atoms with Gasteiger partial charge in [0.25, 0.3) is 0 Å².